The Balaban J connectivity index is 2.91. The average Bonchev–Trinajstić information content (AvgIpc) is 2.38. The number of allylic oxidation sites excluding steroid dienone is 1. The van der Waals surface area contributed by atoms with Gasteiger partial charge in [-0.3, -0.25) is 0 Å². The number of aryl methyl sites for hydroxylation is 2. The molecular formula is C16H23ClF2N2. The molecule has 0 N–H and O–H groups in total. The summed E-state index contributed by atoms with van der Waals surface area (Å²) in [6.07, 6.45) is -0.881. The number of alkyl halides is 2. The smallest absolute Gasteiger partial charge is 0.238 e. The molecule has 0 amide bonds. The summed E-state index contributed by atoms with van der Waals surface area (Å²) in [4.78, 5) is 8.73. The maximum Gasteiger partial charge on any atom is 0.238 e. The van der Waals surface area contributed by atoms with Crippen LogP contribution in [0.4, 0.5) is 8.78 Å². The minimum atomic E-state index is -2.27. The SMILES string of the molecule is C=C(c1nc(C)c(C)nc1Cl)C(CC)CC(C)CC(F)F. The van der Waals surface area contributed by atoms with Gasteiger partial charge in [-0.15, -0.1) is 0 Å². The number of nitrogens with zero attached hydrogens (tertiary/aromatic N) is 2. The molecule has 0 spiro atoms. The zero-order valence-electron chi connectivity index (χ0n) is 13.1. The van der Waals surface area contributed by atoms with Crippen LogP contribution in [-0.2, 0) is 0 Å². The van der Waals surface area contributed by atoms with Gasteiger partial charge in [0.25, 0.3) is 0 Å². The minimum absolute atomic E-state index is 0.0648. The molecule has 0 aliphatic carbocycles. The first-order valence-corrected chi connectivity index (χ1v) is 7.62. The molecule has 1 aromatic heterocycles. The molecule has 21 heavy (non-hydrogen) atoms. The van der Waals surface area contributed by atoms with Crippen LogP contribution < -0.4 is 0 Å². The van der Waals surface area contributed by atoms with Crippen LogP contribution in [0.15, 0.2) is 6.58 Å². The van der Waals surface area contributed by atoms with Gasteiger partial charge in [0, 0.05) is 6.42 Å². The third-order valence-electron chi connectivity index (χ3n) is 3.82. The largest absolute Gasteiger partial charge is 0.248 e. The Kier molecular flexibility index (Phi) is 6.72. The molecule has 2 unspecified atom stereocenters. The van der Waals surface area contributed by atoms with E-state index in [0.717, 1.165) is 23.4 Å². The van der Waals surface area contributed by atoms with Crippen molar-refractivity contribution in [3.63, 3.8) is 0 Å². The molecule has 118 valence electrons. The monoisotopic (exact) mass is 316 g/mol. The van der Waals surface area contributed by atoms with E-state index in [2.05, 4.69) is 16.5 Å². The molecule has 0 saturated carbocycles. The number of hydrogen-bond acceptors (Lipinski definition) is 2. The Morgan fingerprint density at radius 3 is 2.29 bits per heavy atom. The number of halogens is 3. The topological polar surface area (TPSA) is 25.8 Å². The highest BCUT2D eigenvalue weighted by atomic mass is 35.5. The summed E-state index contributed by atoms with van der Waals surface area (Å²) < 4.78 is 24.9. The highest BCUT2D eigenvalue weighted by Gasteiger charge is 2.21. The Morgan fingerprint density at radius 1 is 1.19 bits per heavy atom. The van der Waals surface area contributed by atoms with Crippen molar-refractivity contribution < 1.29 is 8.78 Å². The quantitative estimate of drug-likeness (QED) is 0.666. The van der Waals surface area contributed by atoms with E-state index in [4.69, 9.17) is 11.6 Å². The maximum atomic E-state index is 12.5. The number of aromatic nitrogens is 2. The molecule has 0 bridgehead atoms. The lowest BCUT2D eigenvalue weighted by Gasteiger charge is -2.22. The van der Waals surface area contributed by atoms with Crippen molar-refractivity contribution in [3.8, 4) is 0 Å². The number of hydrogen-bond donors (Lipinski definition) is 0. The minimum Gasteiger partial charge on any atom is -0.248 e. The molecule has 0 radical (unpaired) electrons. The van der Waals surface area contributed by atoms with E-state index in [1.165, 1.54) is 0 Å². The van der Waals surface area contributed by atoms with E-state index in [0.29, 0.717) is 17.3 Å². The fraction of sp³-hybridized carbons (Fsp3) is 0.625. The predicted octanol–water partition coefficient (Wildman–Crippen LogP) is 5.47. The molecule has 0 aliphatic heterocycles. The van der Waals surface area contributed by atoms with Crippen LogP contribution in [0.3, 0.4) is 0 Å². The van der Waals surface area contributed by atoms with Gasteiger partial charge in [-0.2, -0.15) is 0 Å². The lowest BCUT2D eigenvalue weighted by molar-refractivity contribution is 0.113. The molecule has 0 aliphatic rings. The van der Waals surface area contributed by atoms with Gasteiger partial charge < -0.3 is 0 Å². The first kappa shape index (κ1) is 18.0. The lowest BCUT2D eigenvalue weighted by Crippen LogP contribution is -2.12. The van der Waals surface area contributed by atoms with Crippen molar-refractivity contribution in [1.82, 2.24) is 9.97 Å². The van der Waals surface area contributed by atoms with Gasteiger partial charge in [-0.05, 0) is 44.1 Å². The average molecular weight is 317 g/mol. The summed E-state index contributed by atoms with van der Waals surface area (Å²) in [6, 6.07) is 0. The van der Waals surface area contributed by atoms with E-state index in [1.54, 1.807) is 0 Å². The van der Waals surface area contributed by atoms with Gasteiger partial charge in [-0.1, -0.05) is 32.0 Å². The summed E-state index contributed by atoms with van der Waals surface area (Å²) >= 11 is 6.16. The van der Waals surface area contributed by atoms with Crippen molar-refractivity contribution in [1.29, 1.82) is 0 Å². The molecule has 5 heteroatoms. The van der Waals surface area contributed by atoms with Crippen molar-refractivity contribution in [2.75, 3.05) is 0 Å². The Hall–Kier alpha value is -1.03. The van der Waals surface area contributed by atoms with Crippen LogP contribution in [-0.4, -0.2) is 16.4 Å². The highest BCUT2D eigenvalue weighted by molar-refractivity contribution is 6.30. The molecule has 0 aromatic carbocycles. The van der Waals surface area contributed by atoms with Gasteiger partial charge in [0.2, 0.25) is 6.43 Å². The maximum absolute atomic E-state index is 12.5. The first-order chi connectivity index (χ1) is 9.76. The predicted molar refractivity (Wildman–Crippen MR) is 83.7 cm³/mol. The van der Waals surface area contributed by atoms with Crippen molar-refractivity contribution in [2.24, 2.45) is 11.8 Å². The molecule has 1 rings (SSSR count). The standard InChI is InChI=1S/C16H23ClF2N2/c1-6-13(7-9(2)8-14(18)19)10(3)15-16(17)21-12(5)11(4)20-15/h9,13-14H,3,6-8H2,1-2,4-5H3. The van der Waals surface area contributed by atoms with Crippen LogP contribution in [0, 0.1) is 25.7 Å². The van der Waals surface area contributed by atoms with Gasteiger partial charge in [0.15, 0.2) is 5.15 Å². The molecule has 1 heterocycles. The first-order valence-electron chi connectivity index (χ1n) is 7.24. The summed E-state index contributed by atoms with van der Waals surface area (Å²) in [6.45, 7) is 11.7. The Bertz CT molecular complexity index is 503. The molecule has 0 fully saturated rings. The molecule has 2 nitrogen and oxygen atoms in total. The Labute approximate surface area is 130 Å². The summed E-state index contributed by atoms with van der Waals surface area (Å²) in [5, 5.41) is 0.336. The van der Waals surface area contributed by atoms with E-state index >= 15 is 0 Å². The number of rotatable bonds is 7. The van der Waals surface area contributed by atoms with E-state index in [1.807, 2.05) is 27.7 Å². The fourth-order valence-corrected chi connectivity index (χ4v) is 2.71. The van der Waals surface area contributed by atoms with E-state index < -0.39 is 6.43 Å². The van der Waals surface area contributed by atoms with Crippen LogP contribution in [0.1, 0.15) is 50.2 Å². The van der Waals surface area contributed by atoms with E-state index in [9.17, 15) is 8.78 Å². The second-order valence-electron chi connectivity index (χ2n) is 5.63. The second kappa shape index (κ2) is 7.83. The summed E-state index contributed by atoms with van der Waals surface area (Å²) in [5.74, 6) is 0.0256. The van der Waals surface area contributed by atoms with Crippen LogP contribution in [0.5, 0.6) is 0 Å². The van der Waals surface area contributed by atoms with Gasteiger partial charge in [-0.25, -0.2) is 18.7 Å². The van der Waals surface area contributed by atoms with Crippen molar-refractivity contribution in [2.45, 2.75) is 53.4 Å². The van der Waals surface area contributed by atoms with Crippen LogP contribution in [0.25, 0.3) is 5.57 Å². The van der Waals surface area contributed by atoms with Crippen molar-refractivity contribution in [3.05, 3.63) is 28.8 Å². The van der Waals surface area contributed by atoms with Gasteiger partial charge in [0.1, 0.15) is 5.69 Å². The zero-order valence-corrected chi connectivity index (χ0v) is 13.8. The lowest BCUT2D eigenvalue weighted by atomic mass is 9.85. The Morgan fingerprint density at radius 2 is 1.76 bits per heavy atom. The molecule has 2 atom stereocenters. The zero-order chi connectivity index (χ0) is 16.2. The summed E-state index contributed by atoms with van der Waals surface area (Å²) in [7, 11) is 0. The van der Waals surface area contributed by atoms with Crippen molar-refractivity contribution >= 4 is 17.2 Å². The van der Waals surface area contributed by atoms with Gasteiger partial charge >= 0.3 is 0 Å². The van der Waals surface area contributed by atoms with Crippen LogP contribution in [0.2, 0.25) is 5.15 Å². The fourth-order valence-electron chi connectivity index (χ4n) is 2.41. The van der Waals surface area contributed by atoms with Gasteiger partial charge in [0.05, 0.1) is 11.4 Å². The third-order valence-corrected chi connectivity index (χ3v) is 4.09. The highest BCUT2D eigenvalue weighted by Crippen LogP contribution is 2.33. The normalized spacial score (nSPS) is 14.3. The second-order valence-corrected chi connectivity index (χ2v) is 5.99. The molecule has 0 saturated heterocycles. The summed E-state index contributed by atoms with van der Waals surface area (Å²) in [5.41, 5.74) is 2.98. The molecular weight excluding hydrogens is 294 g/mol. The van der Waals surface area contributed by atoms with Crippen LogP contribution >= 0.6 is 11.6 Å². The van der Waals surface area contributed by atoms with E-state index in [-0.39, 0.29) is 18.3 Å². The third kappa shape index (κ3) is 5.03. The molecule has 1 aromatic rings.